The number of ether oxygens (including phenoxy) is 1. The highest BCUT2D eigenvalue weighted by atomic mass is 16.6. The maximum absolute atomic E-state index is 13.8. The molecule has 1 fully saturated rings. The summed E-state index contributed by atoms with van der Waals surface area (Å²) in [5, 5.41) is 44.0. The first-order chi connectivity index (χ1) is 21.2. The SMILES string of the molecule is COCC1=C([C@H](O)CC/C(=C/c2ccccc2O)c2ccccc2)[C@H](CO)[C@@H]2C(=O)N(c3cccc([N+](=O)[O-])c3)C(=O)[C@@H]2C1. The van der Waals surface area contributed by atoms with Gasteiger partial charge in [-0.2, -0.15) is 0 Å². The minimum absolute atomic E-state index is 0.0949. The summed E-state index contributed by atoms with van der Waals surface area (Å²) in [6, 6.07) is 21.9. The normalized spacial score (nSPS) is 21.0. The van der Waals surface area contributed by atoms with Crippen LogP contribution in [-0.4, -0.2) is 58.5 Å². The lowest BCUT2D eigenvalue weighted by atomic mass is 9.68. The van der Waals surface area contributed by atoms with Crippen LogP contribution < -0.4 is 4.90 Å². The molecule has 1 aliphatic heterocycles. The number of aliphatic hydroxyl groups excluding tert-OH is 2. The van der Waals surface area contributed by atoms with Crippen molar-refractivity contribution in [2.45, 2.75) is 25.4 Å². The first-order valence-electron chi connectivity index (χ1n) is 14.4. The molecule has 3 N–H and O–H groups in total. The van der Waals surface area contributed by atoms with Crippen LogP contribution in [0.2, 0.25) is 0 Å². The predicted molar refractivity (Wildman–Crippen MR) is 164 cm³/mol. The number of nitro groups is 1. The monoisotopic (exact) mass is 598 g/mol. The number of amides is 2. The Kier molecular flexibility index (Phi) is 9.34. The zero-order valence-corrected chi connectivity index (χ0v) is 24.2. The molecule has 0 radical (unpaired) electrons. The molecule has 0 spiro atoms. The number of fused-ring (bicyclic) bond motifs is 1. The lowest BCUT2D eigenvalue weighted by Crippen LogP contribution is -2.39. The van der Waals surface area contributed by atoms with E-state index in [-0.39, 0.29) is 36.6 Å². The number of phenolic OH excluding ortho intramolecular Hbond substituents is 1. The molecular formula is C34H34N2O8. The number of carbonyl (C=O) groups excluding carboxylic acids is 2. The topological polar surface area (TPSA) is 150 Å². The molecule has 10 nitrogen and oxygen atoms in total. The number of anilines is 1. The zero-order chi connectivity index (χ0) is 31.4. The van der Waals surface area contributed by atoms with Crippen LogP contribution in [0.4, 0.5) is 11.4 Å². The van der Waals surface area contributed by atoms with Crippen molar-refractivity contribution in [3.05, 3.63) is 111 Å². The molecule has 1 saturated heterocycles. The van der Waals surface area contributed by atoms with E-state index in [2.05, 4.69) is 0 Å². The van der Waals surface area contributed by atoms with Gasteiger partial charge in [0.25, 0.3) is 5.69 Å². The van der Waals surface area contributed by atoms with E-state index in [0.717, 1.165) is 16.0 Å². The molecule has 2 aliphatic rings. The van der Waals surface area contributed by atoms with E-state index in [1.165, 1.54) is 31.4 Å². The van der Waals surface area contributed by atoms with Crippen LogP contribution in [0.1, 0.15) is 30.4 Å². The average molecular weight is 599 g/mol. The fourth-order valence-corrected chi connectivity index (χ4v) is 6.46. The lowest BCUT2D eigenvalue weighted by molar-refractivity contribution is -0.384. The highest BCUT2D eigenvalue weighted by Gasteiger charge is 2.55. The second-order valence-electron chi connectivity index (χ2n) is 11.1. The second-order valence-corrected chi connectivity index (χ2v) is 11.1. The quantitative estimate of drug-likeness (QED) is 0.0942. The maximum atomic E-state index is 13.8. The number of hydrogen-bond donors (Lipinski definition) is 3. The molecule has 44 heavy (non-hydrogen) atoms. The third-order valence-corrected chi connectivity index (χ3v) is 8.46. The Morgan fingerprint density at radius 3 is 2.48 bits per heavy atom. The third kappa shape index (κ3) is 6.05. The number of benzene rings is 3. The number of carbonyl (C=O) groups is 2. The van der Waals surface area contributed by atoms with E-state index in [9.17, 15) is 35.0 Å². The number of imide groups is 1. The number of nitrogens with zero attached hydrogens (tertiary/aromatic N) is 2. The molecule has 0 saturated carbocycles. The van der Waals surface area contributed by atoms with E-state index in [1.807, 2.05) is 42.5 Å². The Hall–Kier alpha value is -4.64. The lowest BCUT2D eigenvalue weighted by Gasteiger charge is -2.36. The fourth-order valence-electron chi connectivity index (χ4n) is 6.46. The first kappa shape index (κ1) is 30.8. The summed E-state index contributed by atoms with van der Waals surface area (Å²) in [5.41, 5.74) is 3.39. The first-order valence-corrected chi connectivity index (χ1v) is 14.4. The summed E-state index contributed by atoms with van der Waals surface area (Å²) in [4.78, 5) is 39.1. The smallest absolute Gasteiger partial charge is 0.271 e. The Balaban J connectivity index is 1.46. The molecule has 3 aromatic rings. The number of nitro benzene ring substituents is 1. The van der Waals surface area contributed by atoms with Gasteiger partial charge < -0.3 is 20.1 Å². The Bertz CT molecular complexity index is 1620. The fraction of sp³-hybridized carbons (Fsp3) is 0.294. The summed E-state index contributed by atoms with van der Waals surface area (Å²) < 4.78 is 5.43. The number of phenols is 1. The maximum Gasteiger partial charge on any atom is 0.271 e. The number of aromatic hydroxyl groups is 1. The van der Waals surface area contributed by atoms with Crippen molar-refractivity contribution in [1.29, 1.82) is 0 Å². The largest absolute Gasteiger partial charge is 0.507 e. The number of methoxy groups -OCH3 is 1. The van der Waals surface area contributed by atoms with Gasteiger partial charge in [0, 0.05) is 30.7 Å². The summed E-state index contributed by atoms with van der Waals surface area (Å²) >= 11 is 0. The minimum Gasteiger partial charge on any atom is -0.507 e. The predicted octanol–water partition coefficient (Wildman–Crippen LogP) is 4.74. The molecule has 5 rings (SSSR count). The van der Waals surface area contributed by atoms with Gasteiger partial charge in [-0.1, -0.05) is 54.6 Å². The highest BCUT2D eigenvalue weighted by Crippen LogP contribution is 2.47. The molecule has 3 aromatic carbocycles. The highest BCUT2D eigenvalue weighted by molar-refractivity contribution is 6.22. The van der Waals surface area contributed by atoms with Gasteiger partial charge >= 0.3 is 0 Å². The summed E-state index contributed by atoms with van der Waals surface area (Å²) in [6.07, 6.45) is 1.60. The van der Waals surface area contributed by atoms with E-state index >= 15 is 0 Å². The van der Waals surface area contributed by atoms with E-state index in [4.69, 9.17) is 4.74 Å². The van der Waals surface area contributed by atoms with E-state index in [0.29, 0.717) is 23.1 Å². The number of aliphatic hydroxyl groups is 2. The summed E-state index contributed by atoms with van der Waals surface area (Å²) in [7, 11) is 1.50. The van der Waals surface area contributed by atoms with Crippen molar-refractivity contribution in [2.24, 2.45) is 17.8 Å². The number of hydrogen-bond acceptors (Lipinski definition) is 8. The zero-order valence-electron chi connectivity index (χ0n) is 24.2. The van der Waals surface area contributed by atoms with Crippen molar-refractivity contribution in [1.82, 2.24) is 0 Å². The molecular weight excluding hydrogens is 564 g/mol. The van der Waals surface area contributed by atoms with E-state index < -0.39 is 47.2 Å². The molecule has 4 atom stereocenters. The van der Waals surface area contributed by atoms with Gasteiger partial charge in [0.2, 0.25) is 11.8 Å². The van der Waals surface area contributed by atoms with Gasteiger partial charge in [-0.15, -0.1) is 0 Å². The number of para-hydroxylation sites is 1. The Morgan fingerprint density at radius 2 is 1.80 bits per heavy atom. The van der Waals surface area contributed by atoms with Crippen LogP contribution >= 0.6 is 0 Å². The van der Waals surface area contributed by atoms with Gasteiger partial charge in [0.1, 0.15) is 5.75 Å². The van der Waals surface area contributed by atoms with Crippen LogP contribution in [0.15, 0.2) is 90.0 Å². The molecule has 10 heteroatoms. The van der Waals surface area contributed by atoms with Crippen LogP contribution in [0.25, 0.3) is 11.6 Å². The number of rotatable bonds is 11. The van der Waals surface area contributed by atoms with Gasteiger partial charge in [0.15, 0.2) is 0 Å². The van der Waals surface area contributed by atoms with Crippen molar-refractivity contribution < 1.29 is 34.6 Å². The average Bonchev–Trinajstić information content (AvgIpc) is 3.28. The van der Waals surface area contributed by atoms with Gasteiger partial charge in [0.05, 0.1) is 41.8 Å². The van der Waals surface area contributed by atoms with Gasteiger partial charge in [-0.05, 0) is 59.8 Å². The summed E-state index contributed by atoms with van der Waals surface area (Å²) in [6.45, 7) is -0.383. The van der Waals surface area contributed by atoms with Crippen molar-refractivity contribution in [3.63, 3.8) is 0 Å². The molecule has 1 heterocycles. The molecule has 228 valence electrons. The van der Waals surface area contributed by atoms with Crippen molar-refractivity contribution >= 4 is 34.8 Å². The second kappa shape index (κ2) is 13.3. The van der Waals surface area contributed by atoms with Gasteiger partial charge in [-0.3, -0.25) is 19.7 Å². The van der Waals surface area contributed by atoms with Crippen LogP contribution in [0.5, 0.6) is 5.75 Å². The Morgan fingerprint density at radius 1 is 1.07 bits per heavy atom. The number of non-ortho nitro benzene ring substituents is 1. The molecule has 1 aliphatic carbocycles. The standard InChI is InChI=1S/C34H34N2O8/c1-44-20-24-17-27-32(34(41)35(33(27)40)25-11-7-12-26(18-25)36(42)43)28(19-37)31(24)30(39)15-14-22(21-8-3-2-4-9-21)16-23-10-5-6-13-29(23)38/h2-13,16,18,27-28,30,32,37-39H,14-15,17,19-20H2,1H3/b22-16-/t27-,28+,30-,32-/m1/s1. The van der Waals surface area contributed by atoms with Gasteiger partial charge in [-0.25, -0.2) is 4.90 Å². The minimum atomic E-state index is -1.07. The third-order valence-electron chi connectivity index (χ3n) is 8.46. The molecule has 2 amide bonds. The molecule has 0 unspecified atom stereocenters. The molecule has 0 aromatic heterocycles. The van der Waals surface area contributed by atoms with Crippen molar-refractivity contribution in [3.8, 4) is 5.75 Å². The Labute approximate surface area is 254 Å². The van der Waals surface area contributed by atoms with Crippen LogP contribution in [0.3, 0.4) is 0 Å². The van der Waals surface area contributed by atoms with Crippen molar-refractivity contribution in [2.75, 3.05) is 25.2 Å². The summed E-state index contributed by atoms with van der Waals surface area (Å²) in [5.74, 6) is -3.54. The van der Waals surface area contributed by atoms with E-state index in [1.54, 1.807) is 18.2 Å². The molecule has 0 bridgehead atoms. The van der Waals surface area contributed by atoms with Crippen LogP contribution in [0, 0.1) is 27.9 Å². The van der Waals surface area contributed by atoms with Crippen LogP contribution in [-0.2, 0) is 14.3 Å². The number of allylic oxidation sites excluding steroid dienone is 1.